The number of nitrogen functional groups attached to an aromatic ring is 1. The van der Waals surface area contributed by atoms with Crippen LogP contribution in [0.4, 0.5) is 72.8 Å². The molecule has 0 saturated carbocycles. The van der Waals surface area contributed by atoms with Crippen LogP contribution in [0.15, 0.2) is 48.5 Å². The lowest BCUT2D eigenvalue weighted by Crippen LogP contribution is -2.57. The molecule has 21 heteroatoms. The van der Waals surface area contributed by atoms with E-state index in [0.29, 0.717) is 5.69 Å². The van der Waals surface area contributed by atoms with E-state index in [1.807, 2.05) is 0 Å². The number of aromatic hydroxyl groups is 2. The molecule has 0 bridgehead atoms. The topological polar surface area (TPSA) is 113 Å². The summed E-state index contributed by atoms with van der Waals surface area (Å²) in [6, 6.07) is 9.91. The van der Waals surface area contributed by atoms with E-state index in [1.54, 1.807) is 24.3 Å². The Kier molecular flexibility index (Phi) is 11.7. The Labute approximate surface area is 223 Å². The number of benzene rings is 2. The number of nitrogens with one attached hydrogen (secondary N) is 1. The normalized spacial score (nSPS) is 12.8. The molecule has 0 heterocycles. The van der Waals surface area contributed by atoms with Crippen molar-refractivity contribution in [1.29, 1.82) is 0 Å². The van der Waals surface area contributed by atoms with Crippen LogP contribution in [-0.2, 0) is 9.59 Å². The Balaban J connectivity index is 0.000000649. The van der Waals surface area contributed by atoms with Crippen molar-refractivity contribution in [2.45, 2.75) is 36.0 Å². The van der Waals surface area contributed by atoms with E-state index in [0.717, 1.165) is 24.3 Å². The van der Waals surface area contributed by atoms with Crippen LogP contribution in [0.1, 0.15) is 0 Å². The number of halogens is 15. The molecule has 0 saturated heterocycles. The Morgan fingerprint density at radius 1 is 0.610 bits per heavy atom. The van der Waals surface area contributed by atoms with Crippen LogP contribution in [0.2, 0.25) is 0 Å². The summed E-state index contributed by atoms with van der Waals surface area (Å²) in [4.78, 5) is 20.5. The number of carbonyl (C=O) groups excluding carboxylic acids is 2. The van der Waals surface area contributed by atoms with Crippen LogP contribution in [0.25, 0.3) is 0 Å². The average Bonchev–Trinajstić information content (AvgIpc) is 2.81. The van der Waals surface area contributed by atoms with E-state index in [4.69, 9.17) is 15.9 Å². The first kappa shape index (κ1) is 37.3. The number of amides is 1. The number of anilines is 2. The van der Waals surface area contributed by atoms with Gasteiger partial charge >= 0.3 is 41.9 Å². The summed E-state index contributed by atoms with van der Waals surface area (Å²) in [5, 5.41) is 15.7. The minimum atomic E-state index is -6.58. The van der Waals surface area contributed by atoms with Crippen LogP contribution in [-0.4, -0.2) is 57.4 Å². The highest BCUT2D eigenvalue weighted by molar-refractivity contribution is 6.65. The van der Waals surface area contributed by atoms with Crippen molar-refractivity contribution in [3.05, 3.63) is 48.5 Å². The first-order valence-corrected chi connectivity index (χ1v) is 10.00. The van der Waals surface area contributed by atoms with Gasteiger partial charge < -0.3 is 21.3 Å². The van der Waals surface area contributed by atoms with Crippen molar-refractivity contribution in [1.82, 2.24) is 0 Å². The standard InChI is InChI=1S/C10H6F7NO2.C6H7NO.C4ClF7O/c11-8(12,9(13,14)10(15,16)17)7(20)18-5-1-3-6(19)4-2-5;7-5-1-3-6(8)4-2-5;5-1(13)2(6,7)3(8,9)4(10,11)12/h1-4,19H,(H,18,20);1-4,8H,7H2;. The Morgan fingerprint density at radius 3 is 1.20 bits per heavy atom. The first-order valence-electron chi connectivity index (χ1n) is 9.62. The van der Waals surface area contributed by atoms with Gasteiger partial charge in [0.1, 0.15) is 11.5 Å². The van der Waals surface area contributed by atoms with Gasteiger partial charge in [0.25, 0.3) is 5.24 Å². The molecule has 5 N–H and O–H groups in total. The van der Waals surface area contributed by atoms with Crippen molar-refractivity contribution in [3.8, 4) is 11.5 Å². The fourth-order valence-corrected chi connectivity index (χ4v) is 1.97. The van der Waals surface area contributed by atoms with E-state index in [-0.39, 0.29) is 11.5 Å². The summed E-state index contributed by atoms with van der Waals surface area (Å²) in [6.07, 6.45) is -13.1. The molecule has 2 aromatic rings. The summed E-state index contributed by atoms with van der Waals surface area (Å²) >= 11 is 3.89. The van der Waals surface area contributed by atoms with E-state index < -0.39 is 52.9 Å². The van der Waals surface area contributed by atoms with Crippen molar-refractivity contribution in [2.75, 3.05) is 11.1 Å². The first-order chi connectivity index (χ1) is 18.1. The van der Waals surface area contributed by atoms with Crippen LogP contribution in [0, 0.1) is 0 Å². The third-order valence-electron chi connectivity index (χ3n) is 4.05. The molecule has 0 atom stereocenters. The smallest absolute Gasteiger partial charge is 0.460 e. The summed E-state index contributed by atoms with van der Waals surface area (Å²) in [7, 11) is 0. The number of alkyl halides is 14. The highest BCUT2D eigenvalue weighted by Gasteiger charge is 2.77. The number of rotatable bonds is 5. The van der Waals surface area contributed by atoms with Crippen molar-refractivity contribution in [3.63, 3.8) is 0 Å². The molecule has 2 aromatic carbocycles. The highest BCUT2D eigenvalue weighted by Crippen LogP contribution is 2.48. The number of carbonyl (C=O) groups is 2. The Bertz CT molecular complexity index is 1150. The molecule has 0 aliphatic rings. The molecular weight excluding hydrogens is 634 g/mol. The fraction of sp³-hybridized carbons (Fsp3) is 0.300. The van der Waals surface area contributed by atoms with Crippen LogP contribution in [0.5, 0.6) is 11.5 Å². The zero-order chi connectivity index (χ0) is 32.8. The lowest BCUT2D eigenvalue weighted by molar-refractivity contribution is -0.343. The highest BCUT2D eigenvalue weighted by atomic mass is 35.5. The maximum Gasteiger partial charge on any atom is 0.460 e. The van der Waals surface area contributed by atoms with E-state index in [2.05, 4.69) is 11.6 Å². The second-order valence-corrected chi connectivity index (χ2v) is 7.50. The van der Waals surface area contributed by atoms with Crippen molar-refractivity contribution < 1.29 is 81.3 Å². The monoisotopic (exact) mass is 646 g/mol. The zero-order valence-electron chi connectivity index (χ0n) is 19.1. The molecule has 0 fully saturated rings. The molecule has 0 unspecified atom stereocenters. The van der Waals surface area contributed by atoms with E-state index >= 15 is 0 Å². The Morgan fingerprint density at radius 2 is 0.927 bits per heavy atom. The number of hydrogen-bond donors (Lipinski definition) is 4. The number of hydrogen-bond acceptors (Lipinski definition) is 5. The Hall–Kier alpha value is -3.71. The number of phenols is 2. The molecule has 2 rings (SSSR count). The van der Waals surface area contributed by atoms with Gasteiger partial charge in [0.15, 0.2) is 0 Å². The van der Waals surface area contributed by atoms with Crippen molar-refractivity contribution >= 4 is 34.1 Å². The van der Waals surface area contributed by atoms with Gasteiger partial charge in [0, 0.05) is 11.4 Å². The molecule has 1 amide bonds. The second kappa shape index (κ2) is 12.9. The molecule has 0 aliphatic heterocycles. The number of phenolic OH excluding ortho intramolecular Hbond substituents is 2. The maximum absolute atomic E-state index is 12.9. The van der Waals surface area contributed by atoms with E-state index in [1.165, 1.54) is 5.32 Å². The third kappa shape index (κ3) is 9.15. The summed E-state index contributed by atoms with van der Waals surface area (Å²) in [6.45, 7) is 0. The summed E-state index contributed by atoms with van der Waals surface area (Å²) in [5.41, 5.74) is 5.50. The van der Waals surface area contributed by atoms with Gasteiger partial charge in [-0.1, -0.05) is 0 Å². The molecule has 41 heavy (non-hydrogen) atoms. The molecule has 0 spiro atoms. The van der Waals surface area contributed by atoms with Crippen LogP contribution >= 0.6 is 11.6 Å². The largest absolute Gasteiger partial charge is 0.508 e. The van der Waals surface area contributed by atoms with Crippen molar-refractivity contribution in [2.24, 2.45) is 0 Å². The van der Waals surface area contributed by atoms with Gasteiger partial charge in [0.2, 0.25) is 0 Å². The number of nitrogens with two attached hydrogens (primary N) is 1. The summed E-state index contributed by atoms with van der Waals surface area (Å²) < 4.78 is 168. The maximum atomic E-state index is 12.9. The average molecular weight is 647 g/mol. The fourth-order valence-electron chi connectivity index (χ4n) is 1.85. The third-order valence-corrected chi connectivity index (χ3v) is 4.29. The summed E-state index contributed by atoms with van der Waals surface area (Å²) in [5.74, 6) is -27.8. The molecule has 0 aromatic heterocycles. The van der Waals surface area contributed by atoms with Gasteiger partial charge in [-0.3, -0.25) is 9.59 Å². The van der Waals surface area contributed by atoms with E-state index in [9.17, 15) is 71.1 Å². The second-order valence-electron chi connectivity index (χ2n) is 7.16. The van der Waals surface area contributed by atoms with Crippen LogP contribution < -0.4 is 11.1 Å². The SMILES string of the molecule is Nc1ccc(O)cc1.O=C(Cl)C(F)(F)C(F)(F)C(F)(F)F.O=C(Nc1ccc(O)cc1)C(F)(F)C(F)(F)C(F)(F)F. The zero-order valence-corrected chi connectivity index (χ0v) is 19.8. The van der Waals surface area contributed by atoms with Gasteiger partial charge in [0.05, 0.1) is 0 Å². The molecular formula is C20H13ClF14N2O4. The lowest BCUT2D eigenvalue weighted by Gasteiger charge is -2.27. The van der Waals surface area contributed by atoms with Gasteiger partial charge in [-0.05, 0) is 60.1 Å². The predicted molar refractivity (Wildman–Crippen MR) is 112 cm³/mol. The molecule has 6 nitrogen and oxygen atoms in total. The minimum absolute atomic E-state index is 0.249. The van der Waals surface area contributed by atoms with Gasteiger partial charge in [-0.15, -0.1) is 0 Å². The lowest BCUT2D eigenvalue weighted by atomic mass is 10.1. The molecule has 232 valence electrons. The quantitative estimate of drug-likeness (QED) is 0.125. The van der Waals surface area contributed by atoms with Crippen LogP contribution in [0.3, 0.4) is 0 Å². The molecule has 0 radical (unpaired) electrons. The van der Waals surface area contributed by atoms with Gasteiger partial charge in [-0.2, -0.15) is 61.5 Å². The molecule has 0 aliphatic carbocycles. The van der Waals surface area contributed by atoms with Gasteiger partial charge in [-0.25, -0.2) is 0 Å². The minimum Gasteiger partial charge on any atom is -0.508 e. The predicted octanol–water partition coefficient (Wildman–Crippen LogP) is 6.72.